The van der Waals surface area contributed by atoms with Gasteiger partial charge in [-0.1, -0.05) is 36.4 Å². The summed E-state index contributed by atoms with van der Waals surface area (Å²) in [4.78, 5) is 0. The molecule has 1 aliphatic carbocycles. The Kier molecular flexibility index (Phi) is 2.20. The highest BCUT2D eigenvalue weighted by atomic mass is 16.3. The SMILES string of the molecule is O[C@@H]1c2ccc3ccccc3c2CC[C@@H]1O. The summed E-state index contributed by atoms with van der Waals surface area (Å²) in [6.07, 6.45) is 0.138. The molecule has 0 heterocycles. The molecule has 2 atom stereocenters. The van der Waals surface area contributed by atoms with E-state index in [-0.39, 0.29) is 0 Å². The Labute approximate surface area is 94.2 Å². The molecule has 0 aliphatic heterocycles. The predicted molar refractivity (Wildman–Crippen MR) is 63.2 cm³/mol. The largest absolute Gasteiger partial charge is 0.390 e. The third-order valence-corrected chi connectivity index (χ3v) is 3.45. The van der Waals surface area contributed by atoms with Crippen molar-refractivity contribution in [2.45, 2.75) is 25.0 Å². The van der Waals surface area contributed by atoms with Crippen LogP contribution in [0.4, 0.5) is 0 Å². The molecule has 0 unspecified atom stereocenters. The molecule has 0 bridgehead atoms. The first-order chi connectivity index (χ1) is 7.77. The van der Waals surface area contributed by atoms with Crippen molar-refractivity contribution in [3.63, 3.8) is 0 Å². The van der Waals surface area contributed by atoms with E-state index in [4.69, 9.17) is 0 Å². The molecule has 0 aromatic heterocycles. The molecule has 2 N–H and O–H groups in total. The predicted octanol–water partition coefficient (Wildman–Crippen LogP) is 2.18. The molecule has 3 rings (SSSR count). The molecule has 2 aromatic carbocycles. The molecule has 0 fully saturated rings. The lowest BCUT2D eigenvalue weighted by Crippen LogP contribution is -2.24. The Bertz CT molecular complexity index is 533. The number of benzene rings is 2. The molecule has 0 saturated heterocycles. The van der Waals surface area contributed by atoms with Crippen molar-refractivity contribution in [1.82, 2.24) is 0 Å². The Balaban J connectivity index is 2.27. The van der Waals surface area contributed by atoms with Gasteiger partial charge in [-0.3, -0.25) is 0 Å². The second kappa shape index (κ2) is 3.58. The maximum absolute atomic E-state index is 9.94. The minimum absolute atomic E-state index is 0.617. The Morgan fingerprint density at radius 2 is 1.81 bits per heavy atom. The minimum atomic E-state index is -0.728. The summed E-state index contributed by atoms with van der Waals surface area (Å²) < 4.78 is 0. The maximum atomic E-state index is 9.94. The van der Waals surface area contributed by atoms with Crippen LogP contribution >= 0.6 is 0 Å². The Morgan fingerprint density at radius 1 is 1.00 bits per heavy atom. The normalized spacial score (nSPS) is 24.4. The lowest BCUT2D eigenvalue weighted by atomic mass is 9.84. The number of hydrogen-bond acceptors (Lipinski definition) is 2. The van der Waals surface area contributed by atoms with Crippen LogP contribution in [-0.4, -0.2) is 16.3 Å². The molecular weight excluding hydrogens is 200 g/mol. The second-order valence-electron chi connectivity index (χ2n) is 4.41. The lowest BCUT2D eigenvalue weighted by Gasteiger charge is -2.27. The topological polar surface area (TPSA) is 40.5 Å². The van der Waals surface area contributed by atoms with Crippen molar-refractivity contribution >= 4 is 10.8 Å². The van der Waals surface area contributed by atoms with E-state index in [1.807, 2.05) is 24.3 Å². The van der Waals surface area contributed by atoms with Crippen molar-refractivity contribution in [3.05, 3.63) is 47.5 Å². The average Bonchev–Trinajstić information content (AvgIpc) is 2.33. The van der Waals surface area contributed by atoms with Crippen LogP contribution < -0.4 is 0 Å². The van der Waals surface area contributed by atoms with Gasteiger partial charge >= 0.3 is 0 Å². The van der Waals surface area contributed by atoms with E-state index in [1.165, 1.54) is 16.3 Å². The standard InChI is InChI=1S/C14H14O2/c15-13-8-7-11-10-4-2-1-3-9(10)5-6-12(11)14(13)16/h1-6,13-16H,7-8H2/t13-,14+/m0/s1. The Morgan fingerprint density at radius 3 is 2.69 bits per heavy atom. The number of rotatable bonds is 0. The lowest BCUT2D eigenvalue weighted by molar-refractivity contribution is 0.00675. The van der Waals surface area contributed by atoms with Gasteiger partial charge in [-0.2, -0.15) is 0 Å². The third kappa shape index (κ3) is 1.34. The van der Waals surface area contributed by atoms with Gasteiger partial charge in [-0.05, 0) is 34.7 Å². The average molecular weight is 214 g/mol. The fourth-order valence-electron chi connectivity index (χ4n) is 2.57. The van der Waals surface area contributed by atoms with Gasteiger partial charge in [-0.15, -0.1) is 0 Å². The zero-order valence-corrected chi connectivity index (χ0v) is 8.93. The summed E-state index contributed by atoms with van der Waals surface area (Å²) in [6.45, 7) is 0. The van der Waals surface area contributed by atoms with Crippen LogP contribution in [0.15, 0.2) is 36.4 Å². The second-order valence-corrected chi connectivity index (χ2v) is 4.41. The van der Waals surface area contributed by atoms with Crippen LogP contribution in [0.1, 0.15) is 23.7 Å². The Hall–Kier alpha value is -1.38. The summed E-state index contributed by atoms with van der Waals surface area (Å²) in [6, 6.07) is 12.1. The highest BCUT2D eigenvalue weighted by Crippen LogP contribution is 2.34. The molecule has 82 valence electrons. The van der Waals surface area contributed by atoms with E-state index in [0.717, 1.165) is 12.0 Å². The molecule has 2 nitrogen and oxygen atoms in total. The summed E-state index contributed by atoms with van der Waals surface area (Å²) in [7, 11) is 0. The summed E-state index contributed by atoms with van der Waals surface area (Å²) in [5, 5.41) is 22.0. The summed E-state index contributed by atoms with van der Waals surface area (Å²) >= 11 is 0. The number of fused-ring (bicyclic) bond motifs is 3. The van der Waals surface area contributed by atoms with Crippen molar-refractivity contribution in [2.24, 2.45) is 0 Å². The summed E-state index contributed by atoms with van der Waals surface area (Å²) in [5.41, 5.74) is 2.08. The van der Waals surface area contributed by atoms with Gasteiger partial charge in [0.2, 0.25) is 0 Å². The van der Waals surface area contributed by atoms with E-state index in [0.29, 0.717) is 6.42 Å². The third-order valence-electron chi connectivity index (χ3n) is 3.45. The first-order valence-electron chi connectivity index (χ1n) is 5.64. The minimum Gasteiger partial charge on any atom is -0.390 e. The van der Waals surface area contributed by atoms with Crippen molar-refractivity contribution in [3.8, 4) is 0 Å². The number of aryl methyl sites for hydroxylation is 1. The van der Waals surface area contributed by atoms with Crippen LogP contribution in [-0.2, 0) is 6.42 Å². The van der Waals surface area contributed by atoms with Gasteiger partial charge in [0.25, 0.3) is 0 Å². The molecule has 0 saturated carbocycles. The van der Waals surface area contributed by atoms with Gasteiger partial charge < -0.3 is 10.2 Å². The maximum Gasteiger partial charge on any atom is 0.105 e. The fraction of sp³-hybridized carbons (Fsp3) is 0.286. The van der Waals surface area contributed by atoms with Crippen LogP contribution in [0.2, 0.25) is 0 Å². The smallest absolute Gasteiger partial charge is 0.105 e. The fourth-order valence-corrected chi connectivity index (χ4v) is 2.57. The van der Waals surface area contributed by atoms with Gasteiger partial charge in [-0.25, -0.2) is 0 Å². The van der Waals surface area contributed by atoms with Gasteiger partial charge in [0.1, 0.15) is 6.10 Å². The van der Waals surface area contributed by atoms with Crippen molar-refractivity contribution in [1.29, 1.82) is 0 Å². The monoisotopic (exact) mass is 214 g/mol. The van der Waals surface area contributed by atoms with Crippen LogP contribution in [0.3, 0.4) is 0 Å². The quantitative estimate of drug-likeness (QED) is 0.705. The molecular formula is C14H14O2. The number of hydrogen-bond donors (Lipinski definition) is 2. The zero-order chi connectivity index (χ0) is 11.1. The molecule has 2 aromatic rings. The first-order valence-corrected chi connectivity index (χ1v) is 5.64. The molecule has 16 heavy (non-hydrogen) atoms. The molecule has 0 spiro atoms. The molecule has 0 amide bonds. The van der Waals surface area contributed by atoms with Gasteiger partial charge in [0.05, 0.1) is 6.10 Å². The van der Waals surface area contributed by atoms with Crippen molar-refractivity contribution < 1.29 is 10.2 Å². The van der Waals surface area contributed by atoms with E-state index in [1.54, 1.807) is 0 Å². The highest BCUT2D eigenvalue weighted by Gasteiger charge is 2.26. The van der Waals surface area contributed by atoms with Crippen LogP contribution in [0.25, 0.3) is 10.8 Å². The number of aliphatic hydroxyl groups is 2. The van der Waals surface area contributed by atoms with E-state index in [2.05, 4.69) is 12.1 Å². The molecule has 1 aliphatic rings. The number of aliphatic hydroxyl groups excluding tert-OH is 2. The molecule has 2 heteroatoms. The van der Waals surface area contributed by atoms with E-state index < -0.39 is 12.2 Å². The molecule has 0 radical (unpaired) electrons. The zero-order valence-electron chi connectivity index (χ0n) is 8.93. The highest BCUT2D eigenvalue weighted by molar-refractivity contribution is 5.87. The first kappa shape index (κ1) is 9.82. The summed E-state index contributed by atoms with van der Waals surface area (Å²) in [5.74, 6) is 0. The van der Waals surface area contributed by atoms with E-state index in [9.17, 15) is 10.2 Å². The van der Waals surface area contributed by atoms with Gasteiger partial charge in [0, 0.05) is 0 Å². The van der Waals surface area contributed by atoms with Gasteiger partial charge in [0.15, 0.2) is 0 Å². The van der Waals surface area contributed by atoms with Crippen LogP contribution in [0, 0.1) is 0 Å². The van der Waals surface area contributed by atoms with Crippen molar-refractivity contribution in [2.75, 3.05) is 0 Å². The van der Waals surface area contributed by atoms with Crippen LogP contribution in [0.5, 0.6) is 0 Å². The van der Waals surface area contributed by atoms with E-state index >= 15 is 0 Å².